The van der Waals surface area contributed by atoms with Crippen LogP contribution in [0.25, 0.3) is 0 Å². The zero-order valence-electron chi connectivity index (χ0n) is 15.0. The molecule has 1 aromatic carbocycles. The number of hydrogen-bond acceptors (Lipinski definition) is 4. The molecule has 1 aromatic rings. The molecule has 0 radical (unpaired) electrons. The van der Waals surface area contributed by atoms with Crippen molar-refractivity contribution in [3.63, 3.8) is 0 Å². The maximum absolute atomic E-state index is 12.4. The molecule has 0 aliphatic carbocycles. The van der Waals surface area contributed by atoms with E-state index in [0.717, 1.165) is 30.9 Å². The Kier molecular flexibility index (Phi) is 8.53. The minimum absolute atomic E-state index is 0. The first-order valence-electron chi connectivity index (χ1n) is 8.40. The van der Waals surface area contributed by atoms with Gasteiger partial charge in [-0.15, -0.1) is 12.4 Å². The normalized spacial score (nSPS) is 19.5. The first-order valence-corrected chi connectivity index (χ1v) is 8.40. The van der Waals surface area contributed by atoms with E-state index in [0.29, 0.717) is 12.5 Å². The third-order valence-electron chi connectivity index (χ3n) is 4.59. The predicted molar refractivity (Wildman–Crippen MR) is 99.9 cm³/mol. The number of nitrogens with one attached hydrogen (secondary N) is 2. The topological polar surface area (TPSA) is 53.6 Å². The minimum atomic E-state index is 0. The van der Waals surface area contributed by atoms with Crippen molar-refractivity contribution in [1.82, 2.24) is 15.5 Å². The summed E-state index contributed by atoms with van der Waals surface area (Å²) in [6.07, 6.45) is 0. The number of para-hydroxylation sites is 1. The summed E-state index contributed by atoms with van der Waals surface area (Å²) in [5.41, 5.74) is 1.13. The molecule has 1 aliphatic rings. The van der Waals surface area contributed by atoms with Crippen LogP contribution in [-0.2, 0) is 4.79 Å². The van der Waals surface area contributed by atoms with Crippen LogP contribution in [-0.4, -0.2) is 50.1 Å². The molecule has 1 amide bonds. The predicted octanol–water partition coefficient (Wildman–Crippen LogP) is 2.22. The second-order valence-corrected chi connectivity index (χ2v) is 6.53. The van der Waals surface area contributed by atoms with Crippen molar-refractivity contribution < 1.29 is 9.53 Å². The van der Waals surface area contributed by atoms with Crippen molar-refractivity contribution in [1.29, 1.82) is 0 Å². The van der Waals surface area contributed by atoms with E-state index in [-0.39, 0.29) is 30.4 Å². The van der Waals surface area contributed by atoms with Crippen LogP contribution in [0.15, 0.2) is 24.3 Å². The van der Waals surface area contributed by atoms with E-state index < -0.39 is 0 Å². The molecule has 2 N–H and O–H groups in total. The van der Waals surface area contributed by atoms with E-state index in [2.05, 4.69) is 42.4 Å². The molecular weight excluding hydrogens is 326 g/mol. The molecule has 0 aromatic heterocycles. The lowest BCUT2D eigenvalue weighted by atomic mass is 10.0. The third-order valence-corrected chi connectivity index (χ3v) is 4.59. The number of benzene rings is 1. The minimum Gasteiger partial charge on any atom is -0.496 e. The molecule has 1 saturated heterocycles. The van der Waals surface area contributed by atoms with Crippen molar-refractivity contribution in [2.75, 3.05) is 33.3 Å². The van der Waals surface area contributed by atoms with E-state index in [9.17, 15) is 4.79 Å². The second-order valence-electron chi connectivity index (χ2n) is 6.53. The molecule has 0 saturated carbocycles. The standard InChI is InChI=1S/C18H29N3O2.ClH/c1-13(2)14(3)20-18(22)12-21-10-9-19-11-16(21)15-7-5-6-8-17(15)23-4;/h5-8,13-14,16,19H,9-12H2,1-4H3,(H,20,22);1H. The molecule has 24 heavy (non-hydrogen) atoms. The van der Waals surface area contributed by atoms with E-state index in [1.807, 2.05) is 18.2 Å². The number of hydrogen-bond donors (Lipinski definition) is 2. The molecule has 136 valence electrons. The second kappa shape index (κ2) is 9.87. The number of halogens is 1. The van der Waals surface area contributed by atoms with Crippen LogP contribution in [0.4, 0.5) is 0 Å². The number of carbonyl (C=O) groups is 1. The fourth-order valence-corrected chi connectivity index (χ4v) is 2.83. The number of carbonyl (C=O) groups excluding carboxylic acids is 1. The van der Waals surface area contributed by atoms with Crippen LogP contribution in [0.2, 0.25) is 0 Å². The Hall–Kier alpha value is -1.30. The first kappa shape index (κ1) is 20.7. The average molecular weight is 356 g/mol. The van der Waals surface area contributed by atoms with Gasteiger partial charge in [-0.3, -0.25) is 9.69 Å². The van der Waals surface area contributed by atoms with Crippen LogP contribution < -0.4 is 15.4 Å². The molecule has 2 rings (SSSR count). The highest BCUT2D eigenvalue weighted by atomic mass is 35.5. The summed E-state index contributed by atoms with van der Waals surface area (Å²) in [5.74, 6) is 1.40. The monoisotopic (exact) mass is 355 g/mol. The summed E-state index contributed by atoms with van der Waals surface area (Å²) in [5, 5.41) is 6.51. The van der Waals surface area contributed by atoms with Gasteiger partial charge in [0, 0.05) is 31.2 Å². The Morgan fingerprint density at radius 2 is 2.08 bits per heavy atom. The molecule has 2 atom stereocenters. The van der Waals surface area contributed by atoms with Crippen LogP contribution in [0.5, 0.6) is 5.75 Å². The number of nitrogens with zero attached hydrogens (tertiary/aromatic N) is 1. The van der Waals surface area contributed by atoms with Gasteiger partial charge in [0.1, 0.15) is 5.75 Å². The molecule has 0 spiro atoms. The molecule has 1 fully saturated rings. The van der Waals surface area contributed by atoms with E-state index in [4.69, 9.17) is 4.74 Å². The number of ether oxygens (including phenoxy) is 1. The van der Waals surface area contributed by atoms with Gasteiger partial charge >= 0.3 is 0 Å². The van der Waals surface area contributed by atoms with Gasteiger partial charge in [-0.05, 0) is 18.9 Å². The lowest BCUT2D eigenvalue weighted by molar-refractivity contribution is -0.124. The lowest BCUT2D eigenvalue weighted by Crippen LogP contribution is -2.50. The van der Waals surface area contributed by atoms with Gasteiger partial charge in [-0.25, -0.2) is 0 Å². The molecular formula is C18H30ClN3O2. The molecule has 5 nitrogen and oxygen atoms in total. The quantitative estimate of drug-likeness (QED) is 0.821. The highest BCUT2D eigenvalue weighted by Crippen LogP contribution is 2.29. The number of amides is 1. The first-order chi connectivity index (χ1) is 11.0. The van der Waals surface area contributed by atoms with Crippen LogP contribution in [0.1, 0.15) is 32.4 Å². The molecule has 0 bridgehead atoms. The average Bonchev–Trinajstić information content (AvgIpc) is 2.55. The van der Waals surface area contributed by atoms with Gasteiger partial charge in [-0.2, -0.15) is 0 Å². The van der Waals surface area contributed by atoms with Crippen LogP contribution in [0.3, 0.4) is 0 Å². The summed E-state index contributed by atoms with van der Waals surface area (Å²) >= 11 is 0. The van der Waals surface area contributed by atoms with E-state index in [1.165, 1.54) is 0 Å². The maximum Gasteiger partial charge on any atom is 0.234 e. The van der Waals surface area contributed by atoms with E-state index >= 15 is 0 Å². The highest BCUT2D eigenvalue weighted by molar-refractivity contribution is 5.85. The van der Waals surface area contributed by atoms with Crippen LogP contribution in [0, 0.1) is 5.92 Å². The molecule has 1 aliphatic heterocycles. The van der Waals surface area contributed by atoms with E-state index in [1.54, 1.807) is 7.11 Å². The summed E-state index contributed by atoms with van der Waals surface area (Å²) < 4.78 is 5.49. The summed E-state index contributed by atoms with van der Waals surface area (Å²) in [6, 6.07) is 8.39. The summed E-state index contributed by atoms with van der Waals surface area (Å²) in [4.78, 5) is 14.6. The van der Waals surface area contributed by atoms with Gasteiger partial charge in [0.2, 0.25) is 5.91 Å². The van der Waals surface area contributed by atoms with Gasteiger partial charge in [0.25, 0.3) is 0 Å². The number of piperazine rings is 1. The Morgan fingerprint density at radius 1 is 1.38 bits per heavy atom. The Bertz CT molecular complexity index is 525. The highest BCUT2D eigenvalue weighted by Gasteiger charge is 2.28. The van der Waals surface area contributed by atoms with Crippen molar-refractivity contribution >= 4 is 18.3 Å². The Morgan fingerprint density at radius 3 is 2.75 bits per heavy atom. The smallest absolute Gasteiger partial charge is 0.234 e. The van der Waals surface area contributed by atoms with Gasteiger partial charge in [0.15, 0.2) is 0 Å². The fraction of sp³-hybridized carbons (Fsp3) is 0.611. The Labute approximate surface area is 151 Å². The molecule has 2 unspecified atom stereocenters. The fourth-order valence-electron chi connectivity index (χ4n) is 2.83. The lowest BCUT2D eigenvalue weighted by Gasteiger charge is -2.36. The Balaban J connectivity index is 0.00000288. The van der Waals surface area contributed by atoms with Gasteiger partial charge in [-0.1, -0.05) is 32.0 Å². The van der Waals surface area contributed by atoms with Gasteiger partial charge < -0.3 is 15.4 Å². The van der Waals surface area contributed by atoms with Crippen molar-refractivity contribution in [2.24, 2.45) is 5.92 Å². The SMILES string of the molecule is COc1ccccc1C1CNCCN1CC(=O)NC(C)C(C)C.Cl. The van der Waals surface area contributed by atoms with Crippen molar-refractivity contribution in [3.8, 4) is 5.75 Å². The number of rotatable bonds is 6. The zero-order chi connectivity index (χ0) is 16.8. The molecule has 1 heterocycles. The number of methoxy groups -OCH3 is 1. The summed E-state index contributed by atoms with van der Waals surface area (Å²) in [7, 11) is 1.69. The maximum atomic E-state index is 12.4. The third kappa shape index (κ3) is 5.36. The van der Waals surface area contributed by atoms with Crippen molar-refractivity contribution in [3.05, 3.63) is 29.8 Å². The van der Waals surface area contributed by atoms with Crippen LogP contribution >= 0.6 is 12.4 Å². The molecule has 6 heteroatoms. The van der Waals surface area contributed by atoms with Crippen molar-refractivity contribution in [2.45, 2.75) is 32.9 Å². The summed E-state index contributed by atoms with van der Waals surface area (Å²) in [6.45, 7) is 9.29. The zero-order valence-corrected chi connectivity index (χ0v) is 15.9. The van der Waals surface area contributed by atoms with Gasteiger partial charge in [0.05, 0.1) is 19.7 Å². The largest absolute Gasteiger partial charge is 0.496 e.